The van der Waals surface area contributed by atoms with Crippen LogP contribution in [0.15, 0.2) is 29.5 Å². The average Bonchev–Trinajstić information content (AvgIpc) is 3.58. The van der Waals surface area contributed by atoms with E-state index in [-0.39, 0.29) is 93.2 Å². The lowest BCUT2D eigenvalue weighted by atomic mass is 9.77. The van der Waals surface area contributed by atoms with Crippen molar-refractivity contribution in [3.05, 3.63) is 40.9 Å². The third-order valence-electron chi connectivity index (χ3n) is 14.3. The number of aromatic nitrogens is 8. The molecule has 0 spiro atoms. The van der Waals surface area contributed by atoms with Gasteiger partial charge in [-0.25, -0.2) is 32.5 Å². The number of nitrogens with two attached hydrogens (primary N) is 1. The Morgan fingerprint density at radius 1 is 0.590 bits per heavy atom. The van der Waals surface area contributed by atoms with E-state index in [2.05, 4.69) is 82.2 Å². The summed E-state index contributed by atoms with van der Waals surface area (Å²) in [4.78, 5) is 49.8. The minimum atomic E-state index is -2.75. The average molecular weight is 1120 g/mol. The zero-order valence-electron chi connectivity index (χ0n) is 47.1. The molecule has 9 rings (SSSR count). The van der Waals surface area contributed by atoms with Crippen LogP contribution in [0.25, 0.3) is 11.4 Å². The Kier molecular flexibility index (Phi) is 19.6. The predicted octanol–water partition coefficient (Wildman–Crippen LogP) is 6.97. The van der Waals surface area contributed by atoms with Crippen LogP contribution in [0.3, 0.4) is 0 Å². The number of aliphatic imine (C=N–C) groups is 1. The number of anilines is 5. The second-order valence-electron chi connectivity index (χ2n) is 21.8. The molecule has 0 radical (unpaired) electrons. The molecule has 0 amide bonds. The fourth-order valence-electron chi connectivity index (χ4n) is 9.79. The first-order valence-electron chi connectivity index (χ1n) is 26.3. The minimum absolute atomic E-state index is 0.0144. The molecular formula is C51H75BClF4N15O6. The Morgan fingerprint density at radius 2 is 0.962 bits per heavy atom. The summed E-state index contributed by atoms with van der Waals surface area (Å²) in [6.45, 7) is 28.7. The van der Waals surface area contributed by atoms with E-state index in [1.165, 1.54) is 30.9 Å². The van der Waals surface area contributed by atoms with Crippen LogP contribution in [0.5, 0.6) is 0 Å². The van der Waals surface area contributed by atoms with E-state index in [4.69, 9.17) is 55.6 Å². The molecule has 5 fully saturated rings. The molecule has 5 aliphatic heterocycles. The van der Waals surface area contributed by atoms with Gasteiger partial charge in [0.1, 0.15) is 5.82 Å². The van der Waals surface area contributed by atoms with Crippen LogP contribution in [0.1, 0.15) is 107 Å². The van der Waals surface area contributed by atoms with E-state index >= 15 is 0 Å². The molecule has 27 heteroatoms. The number of ether oxygens (including phenoxy) is 4. The fourth-order valence-corrected chi connectivity index (χ4v) is 9.94. The monoisotopic (exact) mass is 1120 g/mol. The summed E-state index contributed by atoms with van der Waals surface area (Å²) in [6, 6.07) is 3.29. The van der Waals surface area contributed by atoms with Crippen LogP contribution >= 0.6 is 11.6 Å². The Bertz CT molecular complexity index is 2550. The Hall–Kier alpha value is -5.38. The van der Waals surface area contributed by atoms with Gasteiger partial charge in [-0.15, -0.1) is 0 Å². The number of alkyl halides is 4. The maximum Gasteiger partial charge on any atom is 0.496 e. The summed E-state index contributed by atoms with van der Waals surface area (Å²) in [5, 5.41) is 0.224. The van der Waals surface area contributed by atoms with Gasteiger partial charge in [0.25, 0.3) is 12.9 Å². The molecule has 0 aliphatic carbocycles. The zero-order chi connectivity index (χ0) is 57.0. The van der Waals surface area contributed by atoms with Gasteiger partial charge in [0.2, 0.25) is 29.1 Å². The number of hydrogen-bond acceptors (Lipinski definition) is 20. The van der Waals surface area contributed by atoms with Crippen molar-refractivity contribution in [3.8, 4) is 11.4 Å². The first kappa shape index (κ1) is 60.3. The van der Waals surface area contributed by atoms with Crippen LogP contribution < -0.4 is 30.8 Å². The molecule has 4 aromatic heterocycles. The van der Waals surface area contributed by atoms with Gasteiger partial charge in [-0.1, -0.05) is 0 Å². The van der Waals surface area contributed by atoms with E-state index in [0.717, 1.165) is 0 Å². The summed E-state index contributed by atoms with van der Waals surface area (Å²) in [6.07, 6.45) is -1.25. The van der Waals surface area contributed by atoms with Crippen molar-refractivity contribution in [1.29, 1.82) is 0 Å². The Balaban J connectivity index is 0.000000173. The van der Waals surface area contributed by atoms with Crippen molar-refractivity contribution >= 4 is 65.9 Å². The van der Waals surface area contributed by atoms with Crippen molar-refractivity contribution in [1.82, 2.24) is 44.8 Å². The summed E-state index contributed by atoms with van der Waals surface area (Å²) >= 11 is 6.20. The zero-order valence-corrected chi connectivity index (χ0v) is 47.8. The van der Waals surface area contributed by atoms with Crippen LogP contribution in [-0.2, 0) is 28.3 Å². The standard InChI is InChI=1S/C21H29F2N7O2.C15H22BF2N3O2.C15H24ClN5O2/c1-11-7-31-8-12(2)29(11)20-26-19(16-6-25-17(24)5-15(16)18(22)23)27-21(28-20)30-13(3)9-32-10-14(30)4;1-14(2)15(3,4)23-16(22-14)11-8-19-12(20-9-21(5)6)7-10(11)13(17)18;1-9-5-22-6-10(2)20(9)14-17-13(16)18-15(19-14)21-11(3)7-23-8-12(21)4/h5-6,11-14,18H,7-10H2,1-4H3,(H2,24,25);7-9,13H,1-6H3;9-12H,5-8H2,1-4H3/t11-,12-,13-,14-;;9-,10-,11-,12-/m0.0/s1. The lowest BCUT2D eigenvalue weighted by Crippen LogP contribution is -2.52. The Labute approximate surface area is 460 Å². The van der Waals surface area contributed by atoms with E-state index in [0.29, 0.717) is 76.6 Å². The largest absolute Gasteiger partial charge is 0.496 e. The van der Waals surface area contributed by atoms with E-state index in [1.54, 1.807) is 19.0 Å². The van der Waals surface area contributed by atoms with Crippen molar-refractivity contribution < 1.29 is 45.8 Å². The van der Waals surface area contributed by atoms with E-state index < -0.39 is 31.2 Å². The molecule has 78 heavy (non-hydrogen) atoms. The highest BCUT2D eigenvalue weighted by Crippen LogP contribution is 2.38. The van der Waals surface area contributed by atoms with Gasteiger partial charge in [0, 0.05) is 48.6 Å². The molecule has 5 saturated heterocycles. The van der Waals surface area contributed by atoms with Crippen LogP contribution in [-0.4, -0.2) is 185 Å². The van der Waals surface area contributed by atoms with Crippen molar-refractivity contribution in [3.63, 3.8) is 0 Å². The minimum Gasteiger partial charge on any atom is -0.399 e. The number of morpholine rings is 4. The van der Waals surface area contributed by atoms with E-state index in [1.807, 2.05) is 55.4 Å². The predicted molar refractivity (Wildman–Crippen MR) is 293 cm³/mol. The molecule has 21 nitrogen and oxygen atoms in total. The molecule has 8 atom stereocenters. The van der Waals surface area contributed by atoms with Gasteiger partial charge in [0.05, 0.1) is 119 Å². The summed E-state index contributed by atoms with van der Waals surface area (Å²) in [5.74, 6) is 2.47. The van der Waals surface area contributed by atoms with E-state index in [9.17, 15) is 17.6 Å². The van der Waals surface area contributed by atoms with Crippen molar-refractivity contribution in [2.45, 2.75) is 155 Å². The third kappa shape index (κ3) is 14.0. The van der Waals surface area contributed by atoms with Gasteiger partial charge < -0.3 is 58.5 Å². The smallest absolute Gasteiger partial charge is 0.399 e. The van der Waals surface area contributed by atoms with Crippen LogP contribution in [0, 0.1) is 0 Å². The molecule has 4 aromatic rings. The first-order chi connectivity index (χ1) is 36.8. The van der Waals surface area contributed by atoms with Gasteiger partial charge >= 0.3 is 7.12 Å². The Morgan fingerprint density at radius 3 is 1.32 bits per heavy atom. The third-order valence-corrected chi connectivity index (χ3v) is 14.5. The first-order valence-corrected chi connectivity index (χ1v) is 26.6. The number of rotatable bonds is 10. The second kappa shape index (κ2) is 25.4. The highest BCUT2D eigenvalue weighted by molar-refractivity contribution is 6.62. The number of halogens is 5. The highest BCUT2D eigenvalue weighted by Gasteiger charge is 2.53. The maximum absolute atomic E-state index is 13.8. The summed E-state index contributed by atoms with van der Waals surface area (Å²) in [7, 11) is 2.70. The van der Waals surface area contributed by atoms with Crippen molar-refractivity contribution in [2.75, 3.05) is 92.3 Å². The molecule has 0 bridgehead atoms. The molecule has 2 N–H and O–H groups in total. The van der Waals surface area contributed by atoms with Gasteiger partial charge in [-0.05, 0) is 107 Å². The lowest BCUT2D eigenvalue weighted by Gasteiger charge is -2.41. The lowest BCUT2D eigenvalue weighted by molar-refractivity contribution is 0.00578. The maximum atomic E-state index is 13.8. The van der Waals surface area contributed by atoms with Crippen LogP contribution in [0.4, 0.5) is 53.0 Å². The number of nitrogen functional groups attached to an aromatic ring is 1. The number of hydrogen-bond donors (Lipinski definition) is 1. The number of pyridine rings is 2. The molecule has 0 aromatic carbocycles. The molecule has 5 aliphatic rings. The molecule has 428 valence electrons. The normalized spacial score (nSPS) is 26.2. The molecule has 0 saturated carbocycles. The number of nitrogens with zero attached hydrogens (tertiary/aromatic N) is 14. The summed E-state index contributed by atoms with van der Waals surface area (Å²) < 4.78 is 88.7. The van der Waals surface area contributed by atoms with Gasteiger partial charge in [-0.2, -0.15) is 29.9 Å². The van der Waals surface area contributed by atoms with Crippen LogP contribution in [0.2, 0.25) is 5.28 Å². The topological polar surface area (TPSA) is 213 Å². The molecule has 9 heterocycles. The van der Waals surface area contributed by atoms with Gasteiger partial charge in [-0.3, -0.25) is 0 Å². The fraction of sp³-hybridized carbons (Fsp3) is 0.667. The SMILES string of the molecule is CN(C)C=Nc1cc(C(F)F)c(B2OC(C)(C)C(C)(C)O2)cn1.C[C@H]1COC[C@H](C)N1c1nc(-c2cnc(N)cc2C(F)F)nc(N2[C@@H](C)COC[C@@H]2C)n1.C[C@H]1COC[C@H](C)N1c1nc(Cl)nc(N2[C@@H](C)COC[C@@H]2C)n1. The highest BCUT2D eigenvalue weighted by atomic mass is 35.5. The summed E-state index contributed by atoms with van der Waals surface area (Å²) in [5.41, 5.74) is 4.42. The quantitative estimate of drug-likeness (QED) is 0.0735. The van der Waals surface area contributed by atoms with Gasteiger partial charge in [0.15, 0.2) is 11.6 Å². The van der Waals surface area contributed by atoms with Crippen molar-refractivity contribution in [2.24, 2.45) is 4.99 Å². The second-order valence-corrected chi connectivity index (χ2v) is 22.1. The molecule has 0 unspecified atom stereocenters. The molecular weight excluding hydrogens is 1040 g/mol.